The maximum Gasteiger partial charge on any atom is 0.340 e. The summed E-state index contributed by atoms with van der Waals surface area (Å²) in [4.78, 5) is 39.5. The predicted molar refractivity (Wildman–Crippen MR) is 199 cm³/mol. The van der Waals surface area contributed by atoms with Gasteiger partial charge in [-0.25, -0.2) is 13.2 Å². The van der Waals surface area contributed by atoms with Gasteiger partial charge in [-0.15, -0.1) is 0 Å². The highest BCUT2D eigenvalue weighted by Crippen LogP contribution is 2.39. The summed E-state index contributed by atoms with van der Waals surface area (Å²) in [5.41, 5.74) is 7.63. The van der Waals surface area contributed by atoms with Crippen LogP contribution < -0.4 is 30.6 Å². The van der Waals surface area contributed by atoms with E-state index in [4.69, 9.17) is 25.4 Å². The first-order valence-corrected chi connectivity index (χ1v) is 17.7. The molecule has 14 heteroatoms. The highest BCUT2D eigenvalue weighted by molar-refractivity contribution is 7.92. The number of nitrogens with two attached hydrogens (primary N) is 1. The Morgan fingerprint density at radius 1 is 0.792 bits per heavy atom. The van der Waals surface area contributed by atoms with Gasteiger partial charge in [-0.1, -0.05) is 78.9 Å². The van der Waals surface area contributed by atoms with Crippen molar-refractivity contribution in [2.75, 3.05) is 17.1 Å². The zero-order valence-electron chi connectivity index (χ0n) is 28.7. The minimum Gasteiger partial charge on any atom is -0.493 e. The van der Waals surface area contributed by atoms with Crippen molar-refractivity contribution >= 4 is 45.1 Å². The standard InChI is InChI=1S/C39H37N5O8S/c1-25(45)52-39(47)35(27-14-8-4-9-15-27)43-38(46)36(42-29-20-18-28(19-21-29)37(40)41)31-22-33(50-2)34(51-24-26-12-6-3-7-13-26)23-32(31)44-53(48,49)30-16-10-5-11-17-30/h3-23,35-36,42,44H,24H2,1-2H3,(H3,40,41)(H,43,46)/t35?,36-/m1/s1. The van der Waals surface area contributed by atoms with Crippen LogP contribution in [0.15, 0.2) is 132 Å². The molecule has 0 saturated carbocycles. The van der Waals surface area contributed by atoms with Crippen molar-refractivity contribution in [1.82, 2.24) is 5.32 Å². The minimum atomic E-state index is -4.23. The highest BCUT2D eigenvalue weighted by Gasteiger charge is 2.33. The Kier molecular flexibility index (Phi) is 12.1. The van der Waals surface area contributed by atoms with Crippen molar-refractivity contribution < 1.29 is 37.0 Å². The number of sulfonamides is 1. The summed E-state index contributed by atoms with van der Waals surface area (Å²) in [6, 6.07) is 31.4. The summed E-state index contributed by atoms with van der Waals surface area (Å²) in [7, 11) is -2.84. The second-order valence-corrected chi connectivity index (χ2v) is 13.3. The summed E-state index contributed by atoms with van der Waals surface area (Å²) < 4.78 is 46.8. The second kappa shape index (κ2) is 17.0. The number of benzene rings is 5. The van der Waals surface area contributed by atoms with Gasteiger partial charge in [0.1, 0.15) is 18.5 Å². The molecule has 0 aliphatic rings. The van der Waals surface area contributed by atoms with E-state index >= 15 is 0 Å². The lowest BCUT2D eigenvalue weighted by molar-refractivity contribution is -0.160. The van der Waals surface area contributed by atoms with Crippen molar-refractivity contribution in [2.24, 2.45) is 5.73 Å². The third-order valence-corrected chi connectivity index (χ3v) is 9.23. The quantitative estimate of drug-likeness (QED) is 0.0398. The van der Waals surface area contributed by atoms with E-state index < -0.39 is 40.0 Å². The molecule has 5 rings (SSSR count). The second-order valence-electron chi connectivity index (χ2n) is 11.6. The monoisotopic (exact) mass is 735 g/mol. The largest absolute Gasteiger partial charge is 0.493 e. The lowest BCUT2D eigenvalue weighted by atomic mass is 10.0. The van der Waals surface area contributed by atoms with E-state index in [0.29, 0.717) is 16.8 Å². The lowest BCUT2D eigenvalue weighted by Gasteiger charge is -2.26. The highest BCUT2D eigenvalue weighted by atomic mass is 32.2. The SMILES string of the molecule is COc1cc([C@@H](Nc2ccc(C(=N)N)cc2)C(=O)NC(C(=O)OC(C)=O)c2ccccc2)c(NS(=O)(=O)c2ccccc2)cc1OCc1ccccc1. The maximum atomic E-state index is 14.5. The molecule has 0 aliphatic carbocycles. The summed E-state index contributed by atoms with van der Waals surface area (Å²) in [5, 5.41) is 13.6. The molecule has 0 heterocycles. The minimum absolute atomic E-state index is 0.0431. The molecular formula is C39H37N5O8S. The van der Waals surface area contributed by atoms with Gasteiger partial charge in [-0.05, 0) is 53.6 Å². The molecule has 5 aromatic rings. The molecule has 0 aromatic heterocycles. The van der Waals surface area contributed by atoms with Crippen LogP contribution in [-0.2, 0) is 35.8 Å². The van der Waals surface area contributed by atoms with Crippen LogP contribution >= 0.6 is 0 Å². The molecule has 0 saturated heterocycles. The first-order chi connectivity index (χ1) is 25.4. The molecule has 0 bridgehead atoms. The van der Waals surface area contributed by atoms with Gasteiger partial charge in [0, 0.05) is 29.8 Å². The van der Waals surface area contributed by atoms with Crippen LogP contribution in [0.4, 0.5) is 11.4 Å². The van der Waals surface area contributed by atoms with Crippen molar-refractivity contribution in [1.29, 1.82) is 5.41 Å². The van der Waals surface area contributed by atoms with Gasteiger partial charge < -0.3 is 30.6 Å². The molecule has 2 atom stereocenters. The van der Waals surface area contributed by atoms with Crippen LogP contribution in [0.2, 0.25) is 0 Å². The fraction of sp³-hybridized carbons (Fsp3) is 0.128. The molecular weight excluding hydrogens is 699 g/mol. The third-order valence-electron chi connectivity index (χ3n) is 7.85. The average molecular weight is 736 g/mol. The molecule has 5 aromatic carbocycles. The van der Waals surface area contributed by atoms with Gasteiger partial charge in [0.25, 0.3) is 10.0 Å². The maximum absolute atomic E-state index is 14.5. The smallest absolute Gasteiger partial charge is 0.340 e. The number of methoxy groups -OCH3 is 1. The predicted octanol–water partition coefficient (Wildman–Crippen LogP) is 5.46. The Balaban J connectivity index is 1.65. The number of esters is 2. The van der Waals surface area contributed by atoms with Gasteiger partial charge in [-0.2, -0.15) is 0 Å². The van der Waals surface area contributed by atoms with Crippen molar-refractivity contribution in [3.8, 4) is 11.5 Å². The number of ether oxygens (including phenoxy) is 3. The van der Waals surface area contributed by atoms with E-state index in [1.165, 1.54) is 31.4 Å². The lowest BCUT2D eigenvalue weighted by Crippen LogP contribution is -2.40. The van der Waals surface area contributed by atoms with E-state index in [0.717, 1.165) is 12.5 Å². The molecule has 6 N–H and O–H groups in total. The summed E-state index contributed by atoms with van der Waals surface area (Å²) in [6.07, 6.45) is 0. The van der Waals surface area contributed by atoms with Gasteiger partial charge in [-0.3, -0.25) is 19.7 Å². The van der Waals surface area contributed by atoms with Gasteiger partial charge in [0.2, 0.25) is 5.91 Å². The van der Waals surface area contributed by atoms with Gasteiger partial charge in [0.05, 0.1) is 17.7 Å². The molecule has 13 nitrogen and oxygen atoms in total. The number of hydrogen-bond acceptors (Lipinski definition) is 10. The topological polar surface area (TPSA) is 199 Å². The van der Waals surface area contributed by atoms with Gasteiger partial charge >= 0.3 is 11.9 Å². The molecule has 0 fully saturated rings. The van der Waals surface area contributed by atoms with Crippen LogP contribution in [0, 0.1) is 5.41 Å². The number of carbonyl (C=O) groups excluding carboxylic acids is 3. The summed E-state index contributed by atoms with van der Waals surface area (Å²) in [6.45, 7) is 1.18. The van der Waals surface area contributed by atoms with Crippen molar-refractivity contribution in [3.05, 3.63) is 150 Å². The van der Waals surface area contributed by atoms with Gasteiger partial charge in [0.15, 0.2) is 17.5 Å². The van der Waals surface area contributed by atoms with Crippen molar-refractivity contribution in [2.45, 2.75) is 30.5 Å². The number of rotatable bonds is 15. The van der Waals surface area contributed by atoms with Crippen molar-refractivity contribution in [3.63, 3.8) is 0 Å². The van der Waals surface area contributed by atoms with E-state index in [2.05, 4.69) is 15.4 Å². The molecule has 1 unspecified atom stereocenters. The zero-order valence-corrected chi connectivity index (χ0v) is 29.6. The molecule has 0 spiro atoms. The number of amidine groups is 1. The Hall–Kier alpha value is -6.67. The first kappa shape index (κ1) is 37.6. The van der Waals surface area contributed by atoms with Crippen LogP contribution in [0.5, 0.6) is 11.5 Å². The van der Waals surface area contributed by atoms with Crippen LogP contribution in [0.25, 0.3) is 0 Å². The van der Waals surface area contributed by atoms with Crippen LogP contribution in [-0.4, -0.2) is 39.2 Å². The third kappa shape index (κ3) is 9.77. The fourth-order valence-corrected chi connectivity index (χ4v) is 6.36. The number of anilines is 2. The number of nitrogens with one attached hydrogen (secondary N) is 4. The van der Waals surface area contributed by atoms with Crippen LogP contribution in [0.1, 0.15) is 41.3 Å². The summed E-state index contributed by atoms with van der Waals surface area (Å²) in [5.74, 6) is -2.56. The fourth-order valence-electron chi connectivity index (χ4n) is 5.26. The number of nitrogen functional groups attached to an aromatic ring is 1. The first-order valence-electron chi connectivity index (χ1n) is 16.2. The van der Waals surface area contributed by atoms with E-state index in [1.54, 1.807) is 72.8 Å². The zero-order chi connectivity index (χ0) is 38.0. The number of carbonyl (C=O) groups is 3. The van der Waals surface area contributed by atoms with E-state index in [9.17, 15) is 22.8 Å². The molecule has 272 valence electrons. The molecule has 53 heavy (non-hydrogen) atoms. The Labute approximate surface area is 306 Å². The normalized spacial score (nSPS) is 12.0. The Bertz CT molecular complexity index is 2180. The summed E-state index contributed by atoms with van der Waals surface area (Å²) >= 11 is 0. The number of hydrogen-bond donors (Lipinski definition) is 5. The Morgan fingerprint density at radius 3 is 1.98 bits per heavy atom. The Morgan fingerprint density at radius 2 is 1.40 bits per heavy atom. The molecule has 0 radical (unpaired) electrons. The van der Waals surface area contributed by atoms with Crippen LogP contribution in [0.3, 0.4) is 0 Å². The molecule has 0 aliphatic heterocycles. The van der Waals surface area contributed by atoms with E-state index in [-0.39, 0.29) is 40.1 Å². The number of amides is 1. The average Bonchev–Trinajstić information content (AvgIpc) is 3.16. The van der Waals surface area contributed by atoms with E-state index in [1.807, 2.05) is 30.3 Å². The molecule has 1 amide bonds.